The number of benzene rings is 1. The molecular weight excluding hydrogens is 299 g/mol. The van der Waals surface area contributed by atoms with Gasteiger partial charge in [0.15, 0.2) is 0 Å². The molecule has 18 heavy (non-hydrogen) atoms. The summed E-state index contributed by atoms with van der Waals surface area (Å²) in [5.41, 5.74) is 1.60. The van der Waals surface area contributed by atoms with E-state index in [-0.39, 0.29) is 12.7 Å². The quantitative estimate of drug-likeness (QED) is 0.824. The van der Waals surface area contributed by atoms with E-state index in [0.717, 1.165) is 16.5 Å². The standard InChI is InChI=1S/C12H16BBrO4/c1-3-9-11-8(14)4-5-10(17-6-7(2)15)12(11)13(16)18-9/h4-5,7,9,15-16H,3,6H2,1-2H3/t7?,9-/m1/s1. The van der Waals surface area contributed by atoms with Gasteiger partial charge in [0.2, 0.25) is 0 Å². The topological polar surface area (TPSA) is 58.9 Å². The molecule has 1 aliphatic heterocycles. The lowest BCUT2D eigenvalue weighted by atomic mass is 9.78. The van der Waals surface area contributed by atoms with Gasteiger partial charge in [0.1, 0.15) is 12.4 Å². The molecule has 2 N–H and O–H groups in total. The van der Waals surface area contributed by atoms with Crippen molar-refractivity contribution in [2.75, 3.05) is 6.61 Å². The second kappa shape index (κ2) is 5.61. The number of halogens is 1. The second-order valence-corrected chi connectivity index (χ2v) is 5.27. The maximum absolute atomic E-state index is 9.97. The summed E-state index contributed by atoms with van der Waals surface area (Å²) in [5, 5.41) is 19.2. The van der Waals surface area contributed by atoms with E-state index < -0.39 is 13.2 Å². The highest BCUT2D eigenvalue weighted by atomic mass is 79.9. The summed E-state index contributed by atoms with van der Waals surface area (Å²) in [6.45, 7) is 3.85. The highest BCUT2D eigenvalue weighted by Gasteiger charge is 2.38. The van der Waals surface area contributed by atoms with E-state index in [1.165, 1.54) is 0 Å². The highest BCUT2D eigenvalue weighted by molar-refractivity contribution is 9.10. The molecule has 0 saturated carbocycles. The largest absolute Gasteiger partial charge is 0.495 e. The number of aliphatic hydroxyl groups is 1. The Bertz CT molecular complexity index is 438. The van der Waals surface area contributed by atoms with Crippen LogP contribution in [0.4, 0.5) is 0 Å². The maximum atomic E-state index is 9.97. The van der Waals surface area contributed by atoms with Gasteiger partial charge in [-0.05, 0) is 31.0 Å². The lowest BCUT2D eigenvalue weighted by Gasteiger charge is -2.14. The predicted molar refractivity (Wildman–Crippen MR) is 73.0 cm³/mol. The van der Waals surface area contributed by atoms with E-state index >= 15 is 0 Å². The summed E-state index contributed by atoms with van der Waals surface area (Å²) in [7, 11) is -0.966. The molecule has 0 aliphatic carbocycles. The summed E-state index contributed by atoms with van der Waals surface area (Å²) in [6.07, 6.45) is 0.105. The van der Waals surface area contributed by atoms with Crippen molar-refractivity contribution in [3.05, 3.63) is 22.2 Å². The smallest absolute Gasteiger partial charge is 0.491 e. The number of rotatable bonds is 4. The minimum atomic E-state index is -0.966. The van der Waals surface area contributed by atoms with Crippen LogP contribution in [-0.4, -0.2) is 30.0 Å². The van der Waals surface area contributed by atoms with Crippen molar-refractivity contribution in [2.24, 2.45) is 0 Å². The fraction of sp³-hybridized carbons (Fsp3) is 0.500. The first kappa shape index (κ1) is 13.9. The van der Waals surface area contributed by atoms with Crippen LogP contribution >= 0.6 is 15.9 Å². The number of hydrogen-bond donors (Lipinski definition) is 2. The summed E-state index contributed by atoms with van der Waals surface area (Å²) in [5.74, 6) is 0.567. The van der Waals surface area contributed by atoms with Crippen LogP contribution in [0.5, 0.6) is 5.75 Å². The van der Waals surface area contributed by atoms with Crippen LogP contribution in [0, 0.1) is 0 Å². The first-order chi connectivity index (χ1) is 8.54. The van der Waals surface area contributed by atoms with Crippen LogP contribution in [0.2, 0.25) is 0 Å². The molecule has 0 fully saturated rings. The summed E-state index contributed by atoms with van der Waals surface area (Å²) < 4.78 is 11.9. The van der Waals surface area contributed by atoms with E-state index in [1.54, 1.807) is 13.0 Å². The number of hydrogen-bond acceptors (Lipinski definition) is 4. The number of ether oxygens (including phenoxy) is 1. The van der Waals surface area contributed by atoms with Gasteiger partial charge in [-0.3, -0.25) is 0 Å². The molecule has 1 aromatic rings. The molecule has 1 heterocycles. The molecule has 0 amide bonds. The minimum Gasteiger partial charge on any atom is -0.491 e. The highest BCUT2D eigenvalue weighted by Crippen LogP contribution is 2.35. The van der Waals surface area contributed by atoms with Gasteiger partial charge in [-0.25, -0.2) is 0 Å². The van der Waals surface area contributed by atoms with Gasteiger partial charge < -0.3 is 19.5 Å². The Balaban J connectivity index is 2.36. The van der Waals surface area contributed by atoms with Crippen LogP contribution in [0.1, 0.15) is 31.9 Å². The molecule has 98 valence electrons. The van der Waals surface area contributed by atoms with Gasteiger partial charge in [-0.1, -0.05) is 22.9 Å². The Morgan fingerprint density at radius 2 is 2.28 bits per heavy atom. The third kappa shape index (κ3) is 2.57. The lowest BCUT2D eigenvalue weighted by molar-refractivity contribution is 0.123. The van der Waals surface area contributed by atoms with E-state index in [2.05, 4.69) is 15.9 Å². The third-order valence-corrected chi connectivity index (χ3v) is 3.60. The molecule has 0 radical (unpaired) electrons. The molecule has 0 aromatic heterocycles. The Hall–Kier alpha value is -0.555. The summed E-state index contributed by atoms with van der Waals surface area (Å²) in [4.78, 5) is 0. The monoisotopic (exact) mass is 314 g/mol. The molecular formula is C12H16BBrO4. The van der Waals surface area contributed by atoms with E-state index in [9.17, 15) is 10.1 Å². The Morgan fingerprint density at radius 1 is 1.56 bits per heavy atom. The zero-order chi connectivity index (χ0) is 13.3. The van der Waals surface area contributed by atoms with Gasteiger partial charge >= 0.3 is 7.12 Å². The fourth-order valence-corrected chi connectivity index (χ4v) is 2.70. The van der Waals surface area contributed by atoms with Crippen LogP contribution in [0.3, 0.4) is 0 Å². The minimum absolute atomic E-state index is 0.125. The van der Waals surface area contributed by atoms with Gasteiger partial charge in [0.05, 0.1) is 12.2 Å². The molecule has 1 aromatic carbocycles. The molecule has 4 nitrogen and oxygen atoms in total. The number of fused-ring (bicyclic) bond motifs is 1. The third-order valence-electron chi connectivity index (χ3n) is 2.91. The van der Waals surface area contributed by atoms with Crippen LogP contribution < -0.4 is 10.2 Å². The Kier molecular flexibility index (Phi) is 4.32. The van der Waals surface area contributed by atoms with Gasteiger partial charge in [-0.2, -0.15) is 0 Å². The Morgan fingerprint density at radius 3 is 2.89 bits per heavy atom. The first-order valence-electron chi connectivity index (χ1n) is 6.01. The zero-order valence-electron chi connectivity index (χ0n) is 10.4. The predicted octanol–water partition coefficient (Wildman–Crippen LogP) is 1.38. The van der Waals surface area contributed by atoms with Gasteiger partial charge in [0.25, 0.3) is 0 Å². The van der Waals surface area contributed by atoms with Crippen molar-refractivity contribution in [2.45, 2.75) is 32.5 Å². The molecule has 2 atom stereocenters. The average molecular weight is 315 g/mol. The van der Waals surface area contributed by atoms with Crippen LogP contribution in [-0.2, 0) is 4.65 Å². The average Bonchev–Trinajstić information content (AvgIpc) is 2.67. The normalized spacial score (nSPS) is 19.8. The molecule has 2 rings (SSSR count). The van der Waals surface area contributed by atoms with Gasteiger partial charge in [-0.15, -0.1) is 0 Å². The lowest BCUT2D eigenvalue weighted by Crippen LogP contribution is -2.31. The van der Waals surface area contributed by atoms with Crippen molar-refractivity contribution in [3.8, 4) is 5.75 Å². The van der Waals surface area contributed by atoms with Crippen molar-refractivity contribution in [1.82, 2.24) is 0 Å². The second-order valence-electron chi connectivity index (χ2n) is 4.42. The Labute approximate surface area is 115 Å². The molecule has 0 spiro atoms. The number of aliphatic hydroxyl groups excluding tert-OH is 1. The SMILES string of the molecule is CC[C@H]1OB(O)c2c(OCC(C)O)ccc(Br)c21. The van der Waals surface area contributed by atoms with E-state index in [1.807, 2.05) is 13.0 Å². The van der Waals surface area contributed by atoms with E-state index in [4.69, 9.17) is 9.39 Å². The van der Waals surface area contributed by atoms with Crippen molar-refractivity contribution >= 4 is 28.5 Å². The van der Waals surface area contributed by atoms with Crippen molar-refractivity contribution in [1.29, 1.82) is 0 Å². The molecule has 1 aliphatic rings. The molecule has 0 saturated heterocycles. The summed E-state index contributed by atoms with van der Waals surface area (Å²) >= 11 is 3.47. The van der Waals surface area contributed by atoms with Crippen molar-refractivity contribution < 1.29 is 19.5 Å². The zero-order valence-corrected chi connectivity index (χ0v) is 12.0. The van der Waals surface area contributed by atoms with Crippen LogP contribution in [0.25, 0.3) is 0 Å². The van der Waals surface area contributed by atoms with E-state index in [0.29, 0.717) is 11.2 Å². The fourth-order valence-electron chi connectivity index (χ4n) is 2.10. The van der Waals surface area contributed by atoms with Gasteiger partial charge in [0, 0.05) is 9.94 Å². The first-order valence-corrected chi connectivity index (χ1v) is 6.80. The van der Waals surface area contributed by atoms with Crippen LogP contribution in [0.15, 0.2) is 16.6 Å². The molecule has 1 unspecified atom stereocenters. The molecule has 0 bridgehead atoms. The maximum Gasteiger partial charge on any atom is 0.495 e. The van der Waals surface area contributed by atoms with Crippen molar-refractivity contribution in [3.63, 3.8) is 0 Å². The molecule has 6 heteroatoms. The summed E-state index contributed by atoms with van der Waals surface area (Å²) in [6, 6.07) is 3.65.